The number of benzene rings is 2. The summed E-state index contributed by atoms with van der Waals surface area (Å²) >= 11 is 13.9. The minimum atomic E-state index is -0.441. The van der Waals surface area contributed by atoms with E-state index in [1.54, 1.807) is 11.8 Å². The van der Waals surface area contributed by atoms with Crippen LogP contribution in [0.25, 0.3) is 0 Å². The first-order valence-electron chi connectivity index (χ1n) is 6.64. The molecule has 0 fully saturated rings. The first kappa shape index (κ1) is 16.6. The lowest BCUT2D eigenvalue weighted by molar-refractivity contribution is 0.586. The molecule has 2 aromatic rings. The maximum atomic E-state index is 13.5. The van der Waals surface area contributed by atoms with E-state index >= 15 is 0 Å². The summed E-state index contributed by atoms with van der Waals surface area (Å²) in [7, 11) is 0. The zero-order valence-electron chi connectivity index (χ0n) is 11.6. The average Bonchev–Trinajstić information content (AvgIpc) is 2.49. The van der Waals surface area contributed by atoms with Gasteiger partial charge >= 0.3 is 0 Å². The summed E-state index contributed by atoms with van der Waals surface area (Å²) in [6.45, 7) is 2.71. The number of halogens is 3. The van der Waals surface area contributed by atoms with Crippen LogP contribution in [0.3, 0.4) is 0 Å². The highest BCUT2D eigenvalue weighted by Gasteiger charge is 2.16. The Bertz CT molecular complexity index is 592. The van der Waals surface area contributed by atoms with Crippen LogP contribution in [0.15, 0.2) is 47.4 Å². The molecule has 0 aliphatic heterocycles. The van der Waals surface area contributed by atoms with Crippen molar-refractivity contribution in [2.24, 2.45) is 0 Å². The molecule has 1 atom stereocenters. The van der Waals surface area contributed by atoms with Crippen molar-refractivity contribution in [1.82, 2.24) is 5.32 Å². The smallest absolute Gasteiger partial charge is 0.142 e. The van der Waals surface area contributed by atoms with E-state index in [9.17, 15) is 4.39 Å². The topological polar surface area (TPSA) is 12.0 Å². The third kappa shape index (κ3) is 4.62. The monoisotopic (exact) mass is 343 g/mol. The third-order valence-corrected chi connectivity index (χ3v) is 4.80. The summed E-state index contributed by atoms with van der Waals surface area (Å²) in [5, 5.41) is 3.90. The first-order valence-corrected chi connectivity index (χ1v) is 8.38. The highest BCUT2D eigenvalue weighted by molar-refractivity contribution is 7.99. The normalized spacial score (nSPS) is 12.4. The first-order chi connectivity index (χ1) is 10.1. The van der Waals surface area contributed by atoms with Crippen LogP contribution in [0.1, 0.15) is 18.5 Å². The van der Waals surface area contributed by atoms with Crippen LogP contribution in [0.4, 0.5) is 4.39 Å². The highest BCUT2D eigenvalue weighted by atomic mass is 35.5. The molecule has 0 radical (unpaired) electrons. The van der Waals surface area contributed by atoms with Crippen molar-refractivity contribution in [3.05, 3.63) is 63.9 Å². The standard InChI is InChI=1S/C16H16Cl2FNS/c1-11(15-13(17)7-8-14(19)16(15)18)20-9-10-21-12-5-3-2-4-6-12/h2-8,11,20H,9-10H2,1H3. The van der Waals surface area contributed by atoms with Crippen molar-refractivity contribution >= 4 is 35.0 Å². The minimum absolute atomic E-state index is 0.0956. The Balaban J connectivity index is 1.88. The van der Waals surface area contributed by atoms with Crippen molar-refractivity contribution in [2.75, 3.05) is 12.3 Å². The molecule has 0 bridgehead atoms. The molecule has 0 aromatic heterocycles. The predicted molar refractivity (Wildman–Crippen MR) is 90.0 cm³/mol. The molecule has 112 valence electrons. The number of nitrogens with one attached hydrogen (secondary N) is 1. The van der Waals surface area contributed by atoms with Gasteiger partial charge in [-0.15, -0.1) is 11.8 Å². The summed E-state index contributed by atoms with van der Waals surface area (Å²) in [5.41, 5.74) is 0.614. The molecule has 5 heteroatoms. The molecule has 1 nitrogen and oxygen atoms in total. The second-order valence-electron chi connectivity index (χ2n) is 4.59. The zero-order valence-corrected chi connectivity index (χ0v) is 13.9. The molecule has 1 unspecified atom stereocenters. The third-order valence-electron chi connectivity index (χ3n) is 3.08. The zero-order chi connectivity index (χ0) is 15.2. The molecule has 0 spiro atoms. The van der Waals surface area contributed by atoms with E-state index in [2.05, 4.69) is 17.4 Å². The molecular weight excluding hydrogens is 328 g/mol. The van der Waals surface area contributed by atoms with Gasteiger partial charge in [0.15, 0.2) is 0 Å². The van der Waals surface area contributed by atoms with Crippen LogP contribution in [0.2, 0.25) is 10.0 Å². The van der Waals surface area contributed by atoms with Crippen LogP contribution in [0.5, 0.6) is 0 Å². The molecule has 1 N–H and O–H groups in total. The molecule has 0 aliphatic rings. The van der Waals surface area contributed by atoms with Crippen molar-refractivity contribution in [3.8, 4) is 0 Å². The van der Waals surface area contributed by atoms with Gasteiger partial charge in [0.1, 0.15) is 5.82 Å². The number of hydrogen-bond acceptors (Lipinski definition) is 2. The van der Waals surface area contributed by atoms with Gasteiger partial charge < -0.3 is 5.32 Å². The van der Waals surface area contributed by atoms with Crippen molar-refractivity contribution in [2.45, 2.75) is 17.9 Å². The Morgan fingerprint density at radius 3 is 2.57 bits per heavy atom. The quantitative estimate of drug-likeness (QED) is 0.417. The highest BCUT2D eigenvalue weighted by Crippen LogP contribution is 2.32. The van der Waals surface area contributed by atoms with Crippen LogP contribution < -0.4 is 5.32 Å². The fraction of sp³-hybridized carbons (Fsp3) is 0.250. The lowest BCUT2D eigenvalue weighted by Gasteiger charge is -2.17. The summed E-state index contributed by atoms with van der Waals surface area (Å²) in [5.74, 6) is 0.474. The fourth-order valence-electron chi connectivity index (χ4n) is 2.00. The van der Waals surface area contributed by atoms with Crippen molar-refractivity contribution in [1.29, 1.82) is 0 Å². The summed E-state index contributed by atoms with van der Waals surface area (Å²) < 4.78 is 13.5. The molecule has 0 aliphatic carbocycles. The number of rotatable bonds is 6. The van der Waals surface area contributed by atoms with Gasteiger partial charge in [-0.05, 0) is 31.2 Å². The molecule has 0 saturated heterocycles. The van der Waals surface area contributed by atoms with Crippen LogP contribution in [-0.4, -0.2) is 12.3 Å². The Morgan fingerprint density at radius 1 is 1.14 bits per heavy atom. The second kappa shape index (κ2) is 8.04. The van der Waals surface area contributed by atoms with E-state index < -0.39 is 5.82 Å². The lowest BCUT2D eigenvalue weighted by atomic mass is 10.1. The fourth-order valence-corrected chi connectivity index (χ4v) is 3.51. The molecule has 2 rings (SSSR count). The van der Waals surface area contributed by atoms with Crippen molar-refractivity contribution in [3.63, 3.8) is 0 Å². The van der Waals surface area contributed by atoms with E-state index in [-0.39, 0.29) is 11.1 Å². The van der Waals surface area contributed by atoms with Gasteiger partial charge in [-0.1, -0.05) is 41.4 Å². The van der Waals surface area contributed by atoms with Gasteiger partial charge in [-0.25, -0.2) is 4.39 Å². The molecule has 21 heavy (non-hydrogen) atoms. The van der Waals surface area contributed by atoms with Gasteiger partial charge in [0.2, 0.25) is 0 Å². The lowest BCUT2D eigenvalue weighted by Crippen LogP contribution is -2.22. The van der Waals surface area contributed by atoms with Crippen molar-refractivity contribution < 1.29 is 4.39 Å². The SMILES string of the molecule is CC(NCCSc1ccccc1)c1c(Cl)ccc(F)c1Cl. The number of thioether (sulfide) groups is 1. The van der Waals surface area contributed by atoms with E-state index in [1.165, 1.54) is 17.0 Å². The van der Waals surface area contributed by atoms with Gasteiger partial charge in [-0.3, -0.25) is 0 Å². The molecule has 0 amide bonds. The summed E-state index contributed by atoms with van der Waals surface area (Å²) in [6.07, 6.45) is 0. The molecule has 0 saturated carbocycles. The van der Waals surface area contributed by atoms with Gasteiger partial charge in [-0.2, -0.15) is 0 Å². The number of hydrogen-bond donors (Lipinski definition) is 1. The maximum absolute atomic E-state index is 13.5. The Labute approximate surface area is 138 Å². The van der Waals surface area contributed by atoms with Gasteiger partial charge in [0, 0.05) is 33.8 Å². The van der Waals surface area contributed by atoms with E-state index in [0.717, 1.165) is 12.3 Å². The second-order valence-corrected chi connectivity index (χ2v) is 6.55. The Hall–Kier alpha value is -0.740. The van der Waals surface area contributed by atoms with Gasteiger partial charge in [0.25, 0.3) is 0 Å². The molecule has 0 heterocycles. The molecule has 2 aromatic carbocycles. The Kier molecular flexibility index (Phi) is 6.37. The largest absolute Gasteiger partial charge is 0.309 e. The average molecular weight is 344 g/mol. The maximum Gasteiger partial charge on any atom is 0.142 e. The molecular formula is C16H16Cl2FNS. The predicted octanol–water partition coefficient (Wildman–Crippen LogP) is 5.58. The van der Waals surface area contributed by atoms with Crippen LogP contribution >= 0.6 is 35.0 Å². The Morgan fingerprint density at radius 2 is 1.86 bits per heavy atom. The summed E-state index contributed by atoms with van der Waals surface area (Å²) in [4.78, 5) is 1.23. The van der Waals surface area contributed by atoms with E-state index in [1.807, 2.05) is 25.1 Å². The van der Waals surface area contributed by atoms with E-state index in [0.29, 0.717) is 10.6 Å². The van der Waals surface area contributed by atoms with Crippen LogP contribution in [0, 0.1) is 5.82 Å². The van der Waals surface area contributed by atoms with E-state index in [4.69, 9.17) is 23.2 Å². The van der Waals surface area contributed by atoms with Crippen LogP contribution in [-0.2, 0) is 0 Å². The van der Waals surface area contributed by atoms with Gasteiger partial charge in [0.05, 0.1) is 5.02 Å². The minimum Gasteiger partial charge on any atom is -0.309 e. The summed E-state index contributed by atoms with van der Waals surface area (Å²) in [6, 6.07) is 12.9.